The first kappa shape index (κ1) is 11.5. The summed E-state index contributed by atoms with van der Waals surface area (Å²) in [5.41, 5.74) is 2.13. The van der Waals surface area contributed by atoms with E-state index in [0.29, 0.717) is 11.4 Å². The number of nitrogens with one attached hydrogen (secondary N) is 1. The molecule has 0 radical (unpaired) electrons. The van der Waals surface area contributed by atoms with Crippen LogP contribution >= 0.6 is 0 Å². The first-order valence-electron chi connectivity index (χ1n) is 5.84. The van der Waals surface area contributed by atoms with E-state index in [2.05, 4.69) is 9.97 Å². The second-order valence-corrected chi connectivity index (χ2v) is 4.18. The van der Waals surface area contributed by atoms with Gasteiger partial charge in [-0.2, -0.15) is 0 Å². The molecule has 0 atom stereocenters. The molecule has 0 saturated carbocycles. The van der Waals surface area contributed by atoms with Crippen LogP contribution in [0.25, 0.3) is 22.9 Å². The number of imidazole rings is 1. The number of hydrogen-bond acceptors (Lipinski definition) is 2. The third-order valence-corrected chi connectivity index (χ3v) is 2.80. The van der Waals surface area contributed by atoms with Gasteiger partial charge in [0.2, 0.25) is 0 Å². The van der Waals surface area contributed by atoms with Crippen molar-refractivity contribution in [3.05, 3.63) is 65.7 Å². The summed E-state index contributed by atoms with van der Waals surface area (Å²) in [6.07, 6.45) is 1.48. The second kappa shape index (κ2) is 4.57. The minimum absolute atomic E-state index is 0.0291. The van der Waals surface area contributed by atoms with Gasteiger partial charge in [-0.3, -0.25) is 0 Å². The highest BCUT2D eigenvalue weighted by Gasteiger charge is 2.04. The molecule has 2 N–H and O–H groups in total. The molecule has 0 aliphatic heterocycles. The third-order valence-electron chi connectivity index (χ3n) is 2.80. The normalized spacial score (nSPS) is 11.9. The highest BCUT2D eigenvalue weighted by atomic mass is 19.1. The van der Waals surface area contributed by atoms with Crippen molar-refractivity contribution in [3.8, 4) is 0 Å². The van der Waals surface area contributed by atoms with Gasteiger partial charge < -0.3 is 10.1 Å². The number of para-hydroxylation sites is 2. The van der Waals surface area contributed by atoms with Gasteiger partial charge in [-0.25, -0.2) is 9.37 Å². The van der Waals surface area contributed by atoms with Crippen molar-refractivity contribution in [1.29, 1.82) is 0 Å². The van der Waals surface area contributed by atoms with Gasteiger partial charge in [-0.15, -0.1) is 0 Å². The molecule has 0 aliphatic rings. The predicted molar refractivity (Wildman–Crippen MR) is 73.0 cm³/mol. The number of H-pyrrole nitrogens is 1. The van der Waals surface area contributed by atoms with Crippen molar-refractivity contribution in [2.75, 3.05) is 0 Å². The van der Waals surface area contributed by atoms with Crippen molar-refractivity contribution in [1.82, 2.24) is 9.97 Å². The van der Waals surface area contributed by atoms with Crippen LogP contribution in [0.4, 0.5) is 4.39 Å². The molecule has 3 nitrogen and oxygen atoms in total. The molecule has 0 unspecified atom stereocenters. The maximum Gasteiger partial charge on any atom is 0.134 e. The summed E-state index contributed by atoms with van der Waals surface area (Å²) < 4.78 is 13.1. The average molecular weight is 254 g/mol. The van der Waals surface area contributed by atoms with Crippen LogP contribution in [0.2, 0.25) is 0 Å². The molecule has 3 rings (SSSR count). The fraction of sp³-hybridized carbons (Fsp3) is 0. The molecule has 3 aromatic rings. The smallest absolute Gasteiger partial charge is 0.134 e. The van der Waals surface area contributed by atoms with Gasteiger partial charge in [0.15, 0.2) is 0 Å². The molecule has 0 spiro atoms. The van der Waals surface area contributed by atoms with Crippen molar-refractivity contribution in [3.63, 3.8) is 0 Å². The minimum atomic E-state index is -0.387. The maximum atomic E-state index is 13.1. The first-order chi connectivity index (χ1) is 9.22. The lowest BCUT2D eigenvalue weighted by molar-refractivity contribution is 0.514. The molecule has 2 aromatic carbocycles. The Morgan fingerprint density at radius 3 is 2.79 bits per heavy atom. The van der Waals surface area contributed by atoms with Crippen molar-refractivity contribution < 1.29 is 9.50 Å². The molecule has 0 fully saturated rings. The summed E-state index contributed by atoms with van der Waals surface area (Å²) in [7, 11) is 0. The van der Waals surface area contributed by atoms with Crippen LogP contribution in [-0.2, 0) is 0 Å². The number of fused-ring (bicyclic) bond motifs is 1. The van der Waals surface area contributed by atoms with Gasteiger partial charge in [0.05, 0.1) is 11.0 Å². The van der Waals surface area contributed by atoms with E-state index in [-0.39, 0.29) is 11.6 Å². The Morgan fingerprint density at radius 1 is 1.16 bits per heavy atom. The lowest BCUT2D eigenvalue weighted by Gasteiger charge is -1.99. The van der Waals surface area contributed by atoms with Crippen molar-refractivity contribution in [2.45, 2.75) is 0 Å². The SMILES string of the molecule is OC(=Cc1nc2ccccc2[nH]1)c1cccc(F)c1. The summed E-state index contributed by atoms with van der Waals surface area (Å²) in [6, 6.07) is 13.4. The lowest BCUT2D eigenvalue weighted by atomic mass is 10.2. The Balaban J connectivity index is 2.00. The van der Waals surface area contributed by atoms with E-state index in [9.17, 15) is 9.50 Å². The number of aliphatic hydroxyl groups excluding tert-OH is 1. The van der Waals surface area contributed by atoms with E-state index in [0.717, 1.165) is 11.0 Å². The minimum Gasteiger partial charge on any atom is -0.507 e. The Hall–Kier alpha value is -2.62. The number of hydrogen-bond donors (Lipinski definition) is 2. The average Bonchev–Trinajstić information content (AvgIpc) is 2.80. The highest BCUT2D eigenvalue weighted by molar-refractivity contribution is 5.80. The van der Waals surface area contributed by atoms with Crippen LogP contribution < -0.4 is 0 Å². The zero-order chi connectivity index (χ0) is 13.2. The monoisotopic (exact) mass is 254 g/mol. The van der Waals surface area contributed by atoms with Gasteiger partial charge in [-0.1, -0.05) is 24.3 Å². The summed E-state index contributed by atoms with van der Waals surface area (Å²) in [5.74, 6) is 0.114. The van der Waals surface area contributed by atoms with Gasteiger partial charge in [0.1, 0.15) is 17.4 Å². The number of benzene rings is 2. The van der Waals surface area contributed by atoms with E-state index < -0.39 is 0 Å². The van der Waals surface area contributed by atoms with Crippen molar-refractivity contribution >= 4 is 22.9 Å². The Morgan fingerprint density at radius 2 is 2.00 bits per heavy atom. The van der Waals surface area contributed by atoms with Crippen LogP contribution in [0.1, 0.15) is 11.4 Å². The molecule has 4 heteroatoms. The molecule has 0 amide bonds. The lowest BCUT2D eigenvalue weighted by Crippen LogP contribution is -1.85. The quantitative estimate of drug-likeness (QED) is 0.684. The highest BCUT2D eigenvalue weighted by Crippen LogP contribution is 2.17. The Bertz CT molecular complexity index is 728. The fourth-order valence-corrected chi connectivity index (χ4v) is 1.90. The van der Waals surface area contributed by atoms with Gasteiger partial charge in [-0.05, 0) is 24.3 Å². The van der Waals surface area contributed by atoms with Gasteiger partial charge >= 0.3 is 0 Å². The van der Waals surface area contributed by atoms with Crippen molar-refractivity contribution in [2.24, 2.45) is 0 Å². The van der Waals surface area contributed by atoms with Gasteiger partial charge in [0.25, 0.3) is 0 Å². The molecule has 94 valence electrons. The second-order valence-electron chi connectivity index (χ2n) is 4.18. The molecule has 1 aromatic heterocycles. The topological polar surface area (TPSA) is 48.9 Å². The fourth-order valence-electron chi connectivity index (χ4n) is 1.90. The number of aliphatic hydroxyl groups is 1. The molecule has 0 aliphatic carbocycles. The summed E-state index contributed by atoms with van der Waals surface area (Å²) in [4.78, 5) is 7.38. The summed E-state index contributed by atoms with van der Waals surface area (Å²) in [6.45, 7) is 0. The maximum absolute atomic E-state index is 13.1. The largest absolute Gasteiger partial charge is 0.507 e. The van der Waals surface area contributed by atoms with E-state index >= 15 is 0 Å². The molecular formula is C15H11FN2O. The number of aromatic amines is 1. The molecule has 19 heavy (non-hydrogen) atoms. The molecular weight excluding hydrogens is 243 g/mol. The van der Waals surface area contributed by atoms with E-state index in [1.165, 1.54) is 18.2 Å². The summed E-state index contributed by atoms with van der Waals surface area (Å²) in [5, 5.41) is 9.96. The molecule has 0 saturated heterocycles. The van der Waals surface area contributed by atoms with Crippen LogP contribution in [0.15, 0.2) is 48.5 Å². The number of nitrogens with zero attached hydrogens (tertiary/aromatic N) is 1. The van der Waals surface area contributed by atoms with Gasteiger partial charge in [0, 0.05) is 11.6 Å². The number of rotatable bonds is 2. The Kier molecular flexibility index (Phi) is 2.76. The first-order valence-corrected chi connectivity index (χ1v) is 5.84. The zero-order valence-corrected chi connectivity index (χ0v) is 9.97. The molecule has 0 bridgehead atoms. The van der Waals surface area contributed by atoms with E-state index in [4.69, 9.17) is 0 Å². The predicted octanol–water partition coefficient (Wildman–Crippen LogP) is 3.76. The zero-order valence-electron chi connectivity index (χ0n) is 9.97. The van der Waals surface area contributed by atoms with E-state index in [1.807, 2.05) is 24.3 Å². The Labute approximate surface area is 109 Å². The van der Waals surface area contributed by atoms with Crippen LogP contribution in [-0.4, -0.2) is 15.1 Å². The van der Waals surface area contributed by atoms with Crippen LogP contribution in [0.5, 0.6) is 0 Å². The van der Waals surface area contributed by atoms with E-state index in [1.54, 1.807) is 12.1 Å². The number of halogens is 1. The number of aromatic nitrogens is 2. The van der Waals surface area contributed by atoms with Crippen LogP contribution in [0, 0.1) is 5.82 Å². The molecule has 1 heterocycles. The summed E-state index contributed by atoms with van der Waals surface area (Å²) >= 11 is 0. The third kappa shape index (κ3) is 2.33. The standard InChI is InChI=1S/C15H11FN2O/c16-11-5-3-4-10(8-11)14(19)9-15-17-12-6-1-2-7-13(12)18-15/h1-9,19H,(H,17,18). The van der Waals surface area contributed by atoms with Crippen LogP contribution in [0.3, 0.4) is 0 Å².